The maximum Gasteiger partial charge on any atom is 0.278 e. The molecule has 1 N–H and O–H groups in total. The van der Waals surface area contributed by atoms with Gasteiger partial charge in [-0.3, -0.25) is 9.78 Å². The fourth-order valence-electron chi connectivity index (χ4n) is 2.20. The lowest BCUT2D eigenvalue weighted by Gasteiger charge is -2.21. The van der Waals surface area contributed by atoms with E-state index in [0.29, 0.717) is 12.2 Å². The fraction of sp³-hybridized carbons (Fsp3) is 0.214. The highest BCUT2D eigenvalue weighted by Gasteiger charge is 2.22. The van der Waals surface area contributed by atoms with E-state index in [1.807, 2.05) is 24.3 Å². The third-order valence-corrected chi connectivity index (χ3v) is 3.10. The number of rotatable bonds is 1. The van der Waals surface area contributed by atoms with Gasteiger partial charge in [-0.25, -0.2) is 4.98 Å². The first kappa shape index (κ1) is 11.6. The quantitative estimate of drug-likeness (QED) is 0.845. The van der Waals surface area contributed by atoms with Crippen molar-refractivity contribution in [2.75, 3.05) is 23.3 Å². The first-order valence-corrected chi connectivity index (χ1v) is 6.27. The second-order valence-corrected chi connectivity index (χ2v) is 4.34. The van der Waals surface area contributed by atoms with Gasteiger partial charge < -0.3 is 10.2 Å². The average Bonchev–Trinajstić information content (AvgIpc) is 2.70. The van der Waals surface area contributed by atoms with Gasteiger partial charge >= 0.3 is 0 Å². The summed E-state index contributed by atoms with van der Waals surface area (Å²) in [5, 5.41) is 3.33. The Labute approximate surface area is 111 Å². The molecule has 0 radical (unpaired) electrons. The van der Waals surface area contributed by atoms with E-state index in [9.17, 15) is 4.79 Å². The van der Waals surface area contributed by atoms with E-state index in [1.165, 1.54) is 12.4 Å². The molecule has 0 spiro atoms. The lowest BCUT2D eigenvalue weighted by atomic mass is 10.2. The molecule has 1 aliphatic heterocycles. The normalized spacial score (nSPS) is 14.2. The van der Waals surface area contributed by atoms with Crippen molar-refractivity contribution in [2.45, 2.75) is 6.42 Å². The number of aromatic nitrogens is 2. The Hall–Kier alpha value is -2.43. The molecule has 5 nitrogen and oxygen atoms in total. The highest BCUT2D eigenvalue weighted by Crippen LogP contribution is 2.28. The zero-order chi connectivity index (χ0) is 13.1. The summed E-state index contributed by atoms with van der Waals surface area (Å²) in [7, 11) is 0. The van der Waals surface area contributed by atoms with Gasteiger partial charge in [0.2, 0.25) is 0 Å². The number of carbonyl (C=O) groups excluding carboxylic acids is 1. The van der Waals surface area contributed by atoms with Crippen LogP contribution in [0, 0.1) is 0 Å². The van der Waals surface area contributed by atoms with E-state index in [2.05, 4.69) is 15.3 Å². The predicted octanol–water partition coefficient (Wildman–Crippen LogP) is 1.94. The number of hydrogen-bond acceptors (Lipinski definition) is 4. The zero-order valence-corrected chi connectivity index (χ0v) is 10.4. The van der Waals surface area contributed by atoms with Crippen LogP contribution in [0.5, 0.6) is 0 Å². The number of para-hydroxylation sites is 2. The molecule has 1 aromatic carbocycles. The van der Waals surface area contributed by atoms with Crippen LogP contribution in [0.4, 0.5) is 11.4 Å². The first-order valence-electron chi connectivity index (χ1n) is 6.27. The molecule has 19 heavy (non-hydrogen) atoms. The van der Waals surface area contributed by atoms with E-state index in [1.54, 1.807) is 11.1 Å². The van der Waals surface area contributed by atoms with Crippen molar-refractivity contribution in [3.63, 3.8) is 0 Å². The molecule has 0 saturated carbocycles. The van der Waals surface area contributed by atoms with Crippen LogP contribution in [0.15, 0.2) is 42.9 Å². The van der Waals surface area contributed by atoms with Crippen molar-refractivity contribution in [1.29, 1.82) is 0 Å². The topological polar surface area (TPSA) is 58.1 Å². The summed E-state index contributed by atoms with van der Waals surface area (Å²) >= 11 is 0. The van der Waals surface area contributed by atoms with Crippen LogP contribution in [-0.4, -0.2) is 29.0 Å². The lowest BCUT2D eigenvalue weighted by molar-refractivity contribution is 0.0982. The summed E-state index contributed by atoms with van der Waals surface area (Å²) in [6.07, 6.45) is 5.51. The van der Waals surface area contributed by atoms with E-state index in [-0.39, 0.29) is 5.91 Å². The minimum atomic E-state index is -0.107. The van der Waals surface area contributed by atoms with Crippen LogP contribution in [0.25, 0.3) is 0 Å². The van der Waals surface area contributed by atoms with Gasteiger partial charge in [0.05, 0.1) is 17.6 Å². The van der Waals surface area contributed by atoms with Crippen molar-refractivity contribution in [3.05, 3.63) is 48.5 Å². The van der Waals surface area contributed by atoms with Crippen LogP contribution >= 0.6 is 0 Å². The lowest BCUT2D eigenvalue weighted by Crippen LogP contribution is -2.32. The highest BCUT2D eigenvalue weighted by atomic mass is 16.2. The molecule has 3 rings (SSSR count). The van der Waals surface area contributed by atoms with Gasteiger partial charge in [-0.15, -0.1) is 0 Å². The summed E-state index contributed by atoms with van der Waals surface area (Å²) < 4.78 is 0. The molecule has 1 aliphatic rings. The molecule has 1 aromatic heterocycles. The van der Waals surface area contributed by atoms with Crippen LogP contribution < -0.4 is 10.2 Å². The molecule has 1 amide bonds. The summed E-state index contributed by atoms with van der Waals surface area (Å²) in [6, 6.07) is 7.82. The molecule has 5 heteroatoms. The van der Waals surface area contributed by atoms with Gasteiger partial charge in [0.1, 0.15) is 5.69 Å². The molecule has 0 bridgehead atoms. The maximum atomic E-state index is 12.5. The Balaban J connectivity index is 1.99. The van der Waals surface area contributed by atoms with E-state index in [0.717, 1.165) is 24.3 Å². The third kappa shape index (κ3) is 2.27. The number of carbonyl (C=O) groups is 1. The molecule has 96 valence electrons. The number of anilines is 2. The molecule has 0 fully saturated rings. The number of fused-ring (bicyclic) bond motifs is 1. The minimum absolute atomic E-state index is 0.107. The molecule has 0 aliphatic carbocycles. The van der Waals surface area contributed by atoms with Gasteiger partial charge in [0, 0.05) is 25.5 Å². The summed E-state index contributed by atoms with van der Waals surface area (Å²) in [4.78, 5) is 22.3. The average molecular weight is 254 g/mol. The fourth-order valence-corrected chi connectivity index (χ4v) is 2.20. The maximum absolute atomic E-state index is 12.5. The van der Waals surface area contributed by atoms with E-state index >= 15 is 0 Å². The number of nitrogens with one attached hydrogen (secondary N) is 1. The monoisotopic (exact) mass is 254 g/mol. The van der Waals surface area contributed by atoms with Crippen LogP contribution in [0.1, 0.15) is 16.9 Å². The van der Waals surface area contributed by atoms with Crippen molar-refractivity contribution >= 4 is 17.3 Å². The first-order chi connectivity index (χ1) is 9.36. The predicted molar refractivity (Wildman–Crippen MR) is 73.3 cm³/mol. The van der Waals surface area contributed by atoms with Crippen molar-refractivity contribution in [2.24, 2.45) is 0 Å². The standard InChI is InChI=1S/C14H14N4O/c19-14(12-10-15-7-8-17-12)18-9-3-6-16-11-4-1-2-5-13(11)18/h1-2,4-5,7-8,10,16H,3,6,9H2. The highest BCUT2D eigenvalue weighted by molar-refractivity contribution is 6.06. The number of hydrogen-bond donors (Lipinski definition) is 1. The molecule has 0 saturated heterocycles. The number of benzene rings is 1. The largest absolute Gasteiger partial charge is 0.383 e. The third-order valence-electron chi connectivity index (χ3n) is 3.10. The molecule has 2 aromatic rings. The molecular formula is C14H14N4O. The van der Waals surface area contributed by atoms with Gasteiger partial charge in [-0.2, -0.15) is 0 Å². The Morgan fingerprint density at radius 3 is 3.00 bits per heavy atom. The smallest absolute Gasteiger partial charge is 0.278 e. The second-order valence-electron chi connectivity index (χ2n) is 4.34. The Morgan fingerprint density at radius 2 is 2.16 bits per heavy atom. The molecule has 2 heterocycles. The summed E-state index contributed by atoms with van der Waals surface area (Å²) in [5.74, 6) is -0.107. The minimum Gasteiger partial charge on any atom is -0.383 e. The summed E-state index contributed by atoms with van der Waals surface area (Å²) in [6.45, 7) is 1.54. The van der Waals surface area contributed by atoms with Crippen molar-refractivity contribution in [3.8, 4) is 0 Å². The molecule has 0 unspecified atom stereocenters. The van der Waals surface area contributed by atoms with Crippen LogP contribution in [0.2, 0.25) is 0 Å². The summed E-state index contributed by atoms with van der Waals surface area (Å²) in [5.41, 5.74) is 2.26. The van der Waals surface area contributed by atoms with E-state index in [4.69, 9.17) is 0 Å². The second kappa shape index (κ2) is 5.06. The Kier molecular flexibility index (Phi) is 3.10. The van der Waals surface area contributed by atoms with Crippen molar-refractivity contribution in [1.82, 2.24) is 9.97 Å². The van der Waals surface area contributed by atoms with Gasteiger partial charge in [0.25, 0.3) is 5.91 Å². The van der Waals surface area contributed by atoms with Gasteiger partial charge in [-0.05, 0) is 18.6 Å². The SMILES string of the molecule is O=C(c1cnccn1)N1CCCNc2ccccc21. The Bertz CT molecular complexity index is 585. The van der Waals surface area contributed by atoms with Gasteiger partial charge in [0.15, 0.2) is 0 Å². The van der Waals surface area contributed by atoms with Crippen LogP contribution in [0.3, 0.4) is 0 Å². The Morgan fingerprint density at radius 1 is 1.26 bits per heavy atom. The van der Waals surface area contributed by atoms with Crippen LogP contribution in [-0.2, 0) is 0 Å². The number of amides is 1. The van der Waals surface area contributed by atoms with E-state index < -0.39 is 0 Å². The number of nitrogens with zero attached hydrogens (tertiary/aromatic N) is 3. The molecule has 0 atom stereocenters. The van der Waals surface area contributed by atoms with Gasteiger partial charge in [-0.1, -0.05) is 12.1 Å². The van der Waals surface area contributed by atoms with Crippen molar-refractivity contribution < 1.29 is 4.79 Å². The zero-order valence-electron chi connectivity index (χ0n) is 10.4. The molecular weight excluding hydrogens is 240 g/mol.